The summed E-state index contributed by atoms with van der Waals surface area (Å²) in [6, 6.07) is 17.8. The third kappa shape index (κ3) is 5.16. The molecule has 0 bridgehead atoms. The SMILES string of the molecule is CCCCCCOc1ccc(-c2c(C#N)c(N)nc(C)c2-c2ccc(OC)cc2)cc1. The first-order valence-electron chi connectivity index (χ1n) is 10.7. The van der Waals surface area contributed by atoms with Crippen LogP contribution in [0.15, 0.2) is 48.5 Å². The second-order valence-corrected chi connectivity index (χ2v) is 7.48. The molecule has 0 saturated heterocycles. The van der Waals surface area contributed by atoms with Crippen LogP contribution in [0.3, 0.4) is 0 Å². The van der Waals surface area contributed by atoms with Crippen LogP contribution in [0.2, 0.25) is 0 Å². The Labute approximate surface area is 184 Å². The molecule has 0 aliphatic carbocycles. The highest BCUT2D eigenvalue weighted by atomic mass is 16.5. The van der Waals surface area contributed by atoms with E-state index in [1.54, 1.807) is 7.11 Å². The molecule has 3 rings (SSSR count). The van der Waals surface area contributed by atoms with Crippen molar-refractivity contribution in [2.75, 3.05) is 19.5 Å². The zero-order valence-electron chi connectivity index (χ0n) is 18.4. The van der Waals surface area contributed by atoms with E-state index in [0.29, 0.717) is 12.2 Å². The van der Waals surface area contributed by atoms with Gasteiger partial charge in [-0.25, -0.2) is 4.98 Å². The lowest BCUT2D eigenvalue weighted by atomic mass is 9.90. The Morgan fingerprint density at radius 2 is 1.52 bits per heavy atom. The molecular formula is C26H29N3O2. The van der Waals surface area contributed by atoms with Crippen molar-refractivity contribution < 1.29 is 9.47 Å². The smallest absolute Gasteiger partial charge is 0.142 e. The molecule has 1 aromatic heterocycles. The van der Waals surface area contributed by atoms with Crippen LogP contribution in [0.5, 0.6) is 11.5 Å². The summed E-state index contributed by atoms with van der Waals surface area (Å²) in [6.45, 7) is 4.82. The van der Waals surface area contributed by atoms with Gasteiger partial charge in [0.05, 0.1) is 13.7 Å². The number of nitrogens with two attached hydrogens (primary N) is 1. The van der Waals surface area contributed by atoms with Crippen LogP contribution in [-0.4, -0.2) is 18.7 Å². The minimum absolute atomic E-state index is 0.239. The van der Waals surface area contributed by atoms with E-state index in [1.165, 1.54) is 19.3 Å². The highest BCUT2D eigenvalue weighted by Crippen LogP contribution is 2.39. The predicted octanol–water partition coefficient (Wildman–Crippen LogP) is 6.15. The van der Waals surface area contributed by atoms with Crippen molar-refractivity contribution in [3.8, 4) is 39.8 Å². The van der Waals surface area contributed by atoms with Crippen LogP contribution in [0.4, 0.5) is 5.82 Å². The second-order valence-electron chi connectivity index (χ2n) is 7.48. The number of pyridine rings is 1. The summed E-state index contributed by atoms with van der Waals surface area (Å²) in [6.07, 6.45) is 4.67. The molecule has 2 aromatic carbocycles. The summed E-state index contributed by atoms with van der Waals surface area (Å²) in [5.41, 5.74) is 10.8. The Balaban J connectivity index is 1.98. The molecule has 0 saturated carbocycles. The van der Waals surface area contributed by atoms with Gasteiger partial charge in [-0.2, -0.15) is 5.26 Å². The van der Waals surface area contributed by atoms with Gasteiger partial charge in [0, 0.05) is 16.8 Å². The van der Waals surface area contributed by atoms with Crippen LogP contribution in [0, 0.1) is 18.3 Å². The molecular weight excluding hydrogens is 386 g/mol. The minimum Gasteiger partial charge on any atom is -0.497 e. The molecule has 2 N–H and O–H groups in total. The summed E-state index contributed by atoms with van der Waals surface area (Å²) in [4.78, 5) is 4.43. The summed E-state index contributed by atoms with van der Waals surface area (Å²) >= 11 is 0. The number of aromatic nitrogens is 1. The highest BCUT2D eigenvalue weighted by Gasteiger charge is 2.19. The molecule has 0 fully saturated rings. The van der Waals surface area contributed by atoms with Crippen LogP contribution in [0.25, 0.3) is 22.3 Å². The van der Waals surface area contributed by atoms with Crippen LogP contribution in [-0.2, 0) is 0 Å². The molecule has 0 unspecified atom stereocenters. The summed E-state index contributed by atoms with van der Waals surface area (Å²) in [5, 5.41) is 9.83. The minimum atomic E-state index is 0.239. The molecule has 5 heteroatoms. The van der Waals surface area contributed by atoms with Gasteiger partial charge in [0.25, 0.3) is 0 Å². The number of methoxy groups -OCH3 is 1. The molecule has 0 spiro atoms. The lowest BCUT2D eigenvalue weighted by Crippen LogP contribution is -2.03. The fourth-order valence-corrected chi connectivity index (χ4v) is 3.68. The molecule has 0 aliphatic rings. The number of nitriles is 1. The van der Waals surface area contributed by atoms with E-state index in [2.05, 4.69) is 18.0 Å². The maximum Gasteiger partial charge on any atom is 0.142 e. The zero-order chi connectivity index (χ0) is 22.2. The summed E-state index contributed by atoms with van der Waals surface area (Å²) < 4.78 is 11.2. The number of benzene rings is 2. The van der Waals surface area contributed by atoms with Crippen molar-refractivity contribution in [3.05, 3.63) is 59.8 Å². The van der Waals surface area contributed by atoms with Gasteiger partial charge in [-0.15, -0.1) is 0 Å². The fraction of sp³-hybridized carbons (Fsp3) is 0.308. The van der Waals surface area contributed by atoms with Crippen molar-refractivity contribution in [2.24, 2.45) is 0 Å². The van der Waals surface area contributed by atoms with E-state index in [-0.39, 0.29) is 5.82 Å². The van der Waals surface area contributed by atoms with Gasteiger partial charge < -0.3 is 15.2 Å². The van der Waals surface area contributed by atoms with Gasteiger partial charge in [-0.3, -0.25) is 0 Å². The van der Waals surface area contributed by atoms with Gasteiger partial charge in [0.1, 0.15) is 28.9 Å². The molecule has 5 nitrogen and oxygen atoms in total. The van der Waals surface area contributed by atoms with Gasteiger partial charge in [-0.05, 0) is 48.7 Å². The third-order valence-electron chi connectivity index (χ3n) is 5.31. The quantitative estimate of drug-likeness (QED) is 0.424. The number of ether oxygens (including phenoxy) is 2. The summed E-state index contributed by atoms with van der Waals surface area (Å²) in [5.74, 6) is 1.83. The number of rotatable bonds is 9. The Hall–Kier alpha value is -3.52. The largest absolute Gasteiger partial charge is 0.497 e. The monoisotopic (exact) mass is 415 g/mol. The third-order valence-corrected chi connectivity index (χ3v) is 5.31. The van der Waals surface area contributed by atoms with E-state index >= 15 is 0 Å². The standard InChI is InChI=1S/C26H29N3O2/c1-4-5-6-7-16-31-22-14-10-20(11-15-22)25-23(17-27)26(28)29-18(2)24(25)19-8-12-21(30-3)13-9-19/h8-15H,4-7,16H2,1-3H3,(H2,28,29). The number of nitrogen functional groups attached to an aromatic ring is 1. The molecule has 0 atom stereocenters. The van der Waals surface area contributed by atoms with Crippen molar-refractivity contribution in [2.45, 2.75) is 39.5 Å². The van der Waals surface area contributed by atoms with Crippen molar-refractivity contribution in [1.29, 1.82) is 5.26 Å². The zero-order valence-corrected chi connectivity index (χ0v) is 18.4. The highest BCUT2D eigenvalue weighted by molar-refractivity contribution is 5.91. The second kappa shape index (κ2) is 10.5. The molecule has 1 heterocycles. The number of aryl methyl sites for hydroxylation is 1. The van der Waals surface area contributed by atoms with Gasteiger partial charge in [-0.1, -0.05) is 50.5 Å². The van der Waals surface area contributed by atoms with E-state index in [4.69, 9.17) is 15.2 Å². The average molecular weight is 416 g/mol. The van der Waals surface area contributed by atoms with Crippen LogP contribution < -0.4 is 15.2 Å². The normalized spacial score (nSPS) is 10.5. The molecule has 0 radical (unpaired) electrons. The van der Waals surface area contributed by atoms with Crippen molar-refractivity contribution in [3.63, 3.8) is 0 Å². The first kappa shape index (κ1) is 22.2. The van der Waals surface area contributed by atoms with Crippen molar-refractivity contribution in [1.82, 2.24) is 4.98 Å². The lowest BCUT2D eigenvalue weighted by Gasteiger charge is -2.17. The fourth-order valence-electron chi connectivity index (χ4n) is 3.68. The Bertz CT molecular complexity index is 1050. The Morgan fingerprint density at radius 1 is 0.903 bits per heavy atom. The van der Waals surface area contributed by atoms with Crippen LogP contribution >= 0.6 is 0 Å². The lowest BCUT2D eigenvalue weighted by molar-refractivity contribution is 0.305. The molecule has 0 amide bonds. The Kier molecular flexibility index (Phi) is 7.50. The Morgan fingerprint density at radius 3 is 2.10 bits per heavy atom. The van der Waals surface area contributed by atoms with E-state index in [1.807, 2.05) is 55.5 Å². The van der Waals surface area contributed by atoms with Crippen molar-refractivity contribution >= 4 is 5.82 Å². The number of hydrogen-bond donors (Lipinski definition) is 1. The van der Waals surface area contributed by atoms with E-state index in [0.717, 1.165) is 45.9 Å². The van der Waals surface area contributed by atoms with E-state index in [9.17, 15) is 5.26 Å². The number of hydrogen-bond acceptors (Lipinski definition) is 5. The number of nitrogens with zero attached hydrogens (tertiary/aromatic N) is 2. The first-order chi connectivity index (χ1) is 15.1. The maximum absolute atomic E-state index is 9.83. The van der Waals surface area contributed by atoms with E-state index < -0.39 is 0 Å². The molecule has 31 heavy (non-hydrogen) atoms. The number of unbranched alkanes of at least 4 members (excludes halogenated alkanes) is 3. The van der Waals surface area contributed by atoms with Gasteiger partial charge in [0.15, 0.2) is 0 Å². The predicted molar refractivity (Wildman–Crippen MR) is 125 cm³/mol. The van der Waals surface area contributed by atoms with Crippen LogP contribution in [0.1, 0.15) is 43.9 Å². The topological polar surface area (TPSA) is 81.2 Å². The van der Waals surface area contributed by atoms with Gasteiger partial charge >= 0.3 is 0 Å². The molecule has 0 aliphatic heterocycles. The first-order valence-corrected chi connectivity index (χ1v) is 10.7. The maximum atomic E-state index is 9.83. The summed E-state index contributed by atoms with van der Waals surface area (Å²) in [7, 11) is 1.64. The number of anilines is 1. The molecule has 3 aromatic rings. The molecule has 160 valence electrons. The average Bonchev–Trinajstić information content (AvgIpc) is 2.79. The van der Waals surface area contributed by atoms with Gasteiger partial charge in [0.2, 0.25) is 0 Å².